The molecule has 0 radical (unpaired) electrons. The second-order valence-corrected chi connectivity index (χ2v) is 30.3. The number of aromatic nitrogens is 2. The highest BCUT2D eigenvalue weighted by molar-refractivity contribution is 7.93. The molecule has 1 saturated heterocycles. The molecule has 12 N–H and O–H groups in total. The van der Waals surface area contributed by atoms with E-state index in [-0.39, 0.29) is 141 Å². The topological polar surface area (TPSA) is 453 Å². The van der Waals surface area contributed by atoms with Gasteiger partial charge in [0.15, 0.2) is 0 Å². The fraction of sp³-hybridized carbons (Fsp3) is 0.419. The average Bonchev–Trinajstić information content (AvgIpc) is 1.47. The van der Waals surface area contributed by atoms with E-state index in [0.717, 1.165) is 23.9 Å². The van der Waals surface area contributed by atoms with Gasteiger partial charge in [0.1, 0.15) is 47.1 Å². The van der Waals surface area contributed by atoms with Crippen LogP contribution in [0.4, 0.5) is 57.5 Å². The van der Waals surface area contributed by atoms with Crippen LogP contribution in [0.25, 0.3) is 11.1 Å². The zero-order valence-electron chi connectivity index (χ0n) is 61.6. The number of halogens is 2. The first-order chi connectivity index (χ1) is 53.1. The van der Waals surface area contributed by atoms with E-state index >= 15 is 4.39 Å². The Bertz CT molecular complexity index is 4520. The molecule has 0 saturated carbocycles. The summed E-state index contributed by atoms with van der Waals surface area (Å²) in [5, 5.41) is 43.3. The second kappa shape index (κ2) is 42.1. The van der Waals surface area contributed by atoms with Crippen LogP contribution in [0.2, 0.25) is 0 Å². The molecule has 0 aliphatic carbocycles. The summed E-state index contributed by atoms with van der Waals surface area (Å²) < 4.78 is 106. The van der Waals surface area contributed by atoms with Gasteiger partial charge < -0.3 is 86.6 Å². The maximum Gasteiger partial charge on any atom is 0.319 e. The highest BCUT2D eigenvalue weighted by atomic mass is 32.2. The number of carbonyl (C=O) groups is 9. The molecule has 10 amide bonds. The number of benzene rings is 4. The minimum Gasteiger partial charge on any atom is -0.493 e. The van der Waals surface area contributed by atoms with Crippen LogP contribution in [0.5, 0.6) is 11.6 Å². The Morgan fingerprint density at radius 2 is 1.32 bits per heavy atom. The van der Waals surface area contributed by atoms with Crippen molar-refractivity contribution >= 4 is 108 Å². The lowest BCUT2D eigenvalue weighted by Crippen LogP contribution is -2.56. The van der Waals surface area contributed by atoms with E-state index in [4.69, 9.17) is 23.7 Å². The lowest BCUT2D eigenvalue weighted by atomic mass is 10.0. The van der Waals surface area contributed by atoms with Crippen LogP contribution >= 0.6 is 0 Å². The van der Waals surface area contributed by atoms with Crippen LogP contribution in [0.3, 0.4) is 0 Å². The number of carboxylic acids is 2. The largest absolute Gasteiger partial charge is 0.493 e. The third-order valence-electron chi connectivity index (χ3n) is 16.9. The molecule has 33 nitrogen and oxygen atoms in total. The number of likely N-dealkylation sites (tertiary alicyclic amines) is 1. The van der Waals surface area contributed by atoms with Gasteiger partial charge in [-0.15, -0.1) is 0 Å². The maximum atomic E-state index is 15.4. The van der Waals surface area contributed by atoms with Crippen LogP contribution in [0.1, 0.15) is 102 Å². The van der Waals surface area contributed by atoms with Crippen molar-refractivity contribution in [1.29, 1.82) is 0 Å². The van der Waals surface area contributed by atoms with Crippen LogP contribution in [0, 0.1) is 17.6 Å². The van der Waals surface area contributed by atoms with E-state index in [1.807, 2.05) is 6.92 Å². The smallest absolute Gasteiger partial charge is 0.319 e. The quantitative estimate of drug-likeness (QED) is 0.0168. The molecule has 4 aromatic carbocycles. The van der Waals surface area contributed by atoms with Crippen LogP contribution in [-0.2, 0) is 68.5 Å². The van der Waals surface area contributed by atoms with E-state index in [9.17, 15) is 70.4 Å². The molecule has 0 spiro atoms. The van der Waals surface area contributed by atoms with Gasteiger partial charge in [-0.1, -0.05) is 39.0 Å². The van der Waals surface area contributed by atoms with Gasteiger partial charge in [0.05, 0.1) is 98.3 Å². The Balaban J connectivity index is 0.717. The summed E-state index contributed by atoms with van der Waals surface area (Å²) in [6, 6.07) is 18.8. The van der Waals surface area contributed by atoms with Crippen molar-refractivity contribution in [3.8, 4) is 22.8 Å². The molecule has 37 heteroatoms. The lowest BCUT2D eigenvalue weighted by molar-refractivity contribution is -0.146. The average molecular weight is 1580 g/mol. The molecular formula is C74H92F2N14O19S2. The molecule has 2 aliphatic rings. The van der Waals surface area contributed by atoms with Gasteiger partial charge in [0, 0.05) is 78.3 Å². The number of nitrogens with zero attached hydrogens (tertiary/aromatic N) is 4. The zero-order valence-corrected chi connectivity index (χ0v) is 63.2. The van der Waals surface area contributed by atoms with Gasteiger partial charge >= 0.3 is 30.0 Å². The lowest BCUT2D eigenvalue weighted by Gasteiger charge is -2.29. The predicted molar refractivity (Wildman–Crippen MR) is 406 cm³/mol. The number of rotatable bonds is 34. The van der Waals surface area contributed by atoms with Gasteiger partial charge in [-0.3, -0.25) is 33.5 Å². The summed E-state index contributed by atoms with van der Waals surface area (Å²) in [7, 11) is -7.61. The van der Waals surface area contributed by atoms with Crippen molar-refractivity contribution in [2.75, 3.05) is 105 Å². The van der Waals surface area contributed by atoms with Gasteiger partial charge in [-0.2, -0.15) is 9.35 Å². The van der Waals surface area contributed by atoms with E-state index < -0.39 is 128 Å². The molecule has 4 heterocycles. The first-order valence-corrected chi connectivity index (χ1v) is 39.5. The Labute approximate surface area is 640 Å². The maximum absolute atomic E-state index is 15.4. The molecular weight excluding hydrogens is 1490 g/mol. The number of amides is 10. The number of hydrogen-bond donors (Lipinski definition) is 12. The second-order valence-electron chi connectivity index (χ2n) is 26.2. The third-order valence-corrected chi connectivity index (χ3v) is 19.7. The number of carboxylic acid groups (broad SMARTS) is 2. The van der Waals surface area contributed by atoms with Gasteiger partial charge in [-0.25, -0.2) is 40.8 Å². The van der Waals surface area contributed by atoms with E-state index in [1.165, 1.54) is 103 Å². The van der Waals surface area contributed by atoms with E-state index in [1.54, 1.807) is 26.0 Å². The third kappa shape index (κ3) is 28.0. The number of sulfonamides is 1. The number of aliphatic carboxylic acids is 2. The minimum absolute atomic E-state index is 0.0335. The molecule has 5 atom stereocenters. The van der Waals surface area contributed by atoms with E-state index in [2.05, 4.69) is 66.9 Å². The standard InChI is InChI=1S/C74H92F2N14O19S2/c1-5-25-77-72(99)82-52-14-11-16-54(40-52)111(103,104)88-53-15-10-13-48(38-53)58(42-66(92)93)84-74(101)81-51-21-19-50(20-22-51)80-73(100)78-26-31-106-33-35-107-34-32-105-30-24-64(91)83-59(43-67(94)95)71(98)90-27-12-17-60(90)69(96)87-68(46(2)3)70(97)89-110(4,102)45-47-36-63-85-62-41-56(57(76)44-79-62)55-23-18-49(75)39-61(55)108-28-8-6-7-9-29-109-65(37-47)86-63/h10-11,13-16,18-23,36-41,44,46,58-60,68,88H,5-9,12,17,24-35,42-43,45H2,1-4H3,(H,83,91)(H,87,96)(H,92,93)(H,94,95)(H2,77,82,99)(H2,78,80,100)(H,79,85,86)(H2,81,84,101). The SMILES string of the molecule is CCCNC(=O)Nc1cccc(S(=O)(=O)Nc2cccc(C(CC(=O)O)NC(=O)Nc3ccc(NC(=O)NCCOCCOCCOCCC(=O)NC(CC(=O)O)C(=O)N4CCCC4C(=O)NC(C(=O)N=S(C)(=O)Cc4cc5nc(c4)OCCCCCCOc4cc(F)ccc4-c4cc(ncc4F)N5)C(C)C)cc3)c2)c1. The van der Waals surface area contributed by atoms with Crippen LogP contribution in [0.15, 0.2) is 125 Å². The molecule has 5 unspecified atom stereocenters. The molecule has 4 bridgehead atoms. The number of carbonyl (C=O) groups excluding carboxylic acids is 7. The first kappa shape index (κ1) is 85.5. The molecule has 1 fully saturated rings. The number of pyridine rings is 2. The van der Waals surface area contributed by atoms with Crippen molar-refractivity contribution in [3.63, 3.8) is 0 Å². The fourth-order valence-electron chi connectivity index (χ4n) is 11.6. The summed E-state index contributed by atoms with van der Waals surface area (Å²) in [4.78, 5) is 127. The van der Waals surface area contributed by atoms with Crippen molar-refractivity contribution in [2.24, 2.45) is 10.3 Å². The van der Waals surface area contributed by atoms with Crippen LogP contribution < -0.4 is 62.0 Å². The molecule has 111 heavy (non-hydrogen) atoms. The Morgan fingerprint density at radius 3 is 2.01 bits per heavy atom. The monoisotopic (exact) mass is 1580 g/mol. The van der Waals surface area contributed by atoms with Gasteiger partial charge in [-0.05, 0) is 141 Å². The number of anilines is 6. The molecule has 6 aromatic rings. The van der Waals surface area contributed by atoms with Crippen LogP contribution in [-0.4, -0.2) is 188 Å². The summed E-state index contributed by atoms with van der Waals surface area (Å²) in [5.41, 5.74) is 2.00. The van der Waals surface area contributed by atoms with Crippen molar-refractivity contribution in [2.45, 2.75) is 120 Å². The summed E-state index contributed by atoms with van der Waals surface area (Å²) in [5.74, 6) is -7.35. The number of hydrogen-bond acceptors (Lipinski definition) is 20. The van der Waals surface area contributed by atoms with Gasteiger partial charge in [0.25, 0.3) is 15.9 Å². The number of nitrogens with one attached hydrogen (secondary N) is 10. The Kier molecular flexibility index (Phi) is 32.4. The predicted octanol–water partition coefficient (Wildman–Crippen LogP) is 8.64. The number of ether oxygens (including phenoxy) is 5. The van der Waals surface area contributed by atoms with Gasteiger partial charge in [0.2, 0.25) is 23.6 Å². The molecule has 8 rings (SSSR count). The minimum atomic E-state index is -4.19. The molecule has 2 aliphatic heterocycles. The zero-order chi connectivity index (χ0) is 80.0. The van der Waals surface area contributed by atoms with Crippen molar-refractivity contribution in [3.05, 3.63) is 138 Å². The van der Waals surface area contributed by atoms with E-state index in [0.29, 0.717) is 49.0 Å². The Hall–Kier alpha value is -11.2. The number of urea groups is 3. The highest BCUT2D eigenvalue weighted by Gasteiger charge is 2.40. The normalized spacial score (nSPS) is 14.9. The fourth-order valence-corrected chi connectivity index (χ4v) is 14.0. The summed E-state index contributed by atoms with van der Waals surface area (Å²) in [6.07, 6.45) is 4.60. The summed E-state index contributed by atoms with van der Waals surface area (Å²) >= 11 is 0. The Morgan fingerprint density at radius 1 is 0.667 bits per heavy atom. The highest BCUT2D eigenvalue weighted by Crippen LogP contribution is 2.35. The van der Waals surface area contributed by atoms with Crippen molar-refractivity contribution in [1.82, 2.24) is 41.5 Å². The number of fused-ring (bicyclic) bond motifs is 6. The first-order valence-electron chi connectivity index (χ1n) is 35.9. The summed E-state index contributed by atoms with van der Waals surface area (Å²) in [6.45, 7) is 6.73. The van der Waals surface area contributed by atoms with Crippen molar-refractivity contribution < 1.29 is 98.5 Å². The molecule has 598 valence electrons. The molecule has 2 aromatic heterocycles.